The van der Waals surface area contributed by atoms with Gasteiger partial charge in [-0.3, -0.25) is 4.90 Å². The molecule has 0 radical (unpaired) electrons. The zero-order chi connectivity index (χ0) is 18.9. The van der Waals surface area contributed by atoms with Crippen molar-refractivity contribution >= 4 is 10.9 Å². The van der Waals surface area contributed by atoms with E-state index in [1.807, 2.05) is 6.07 Å². The second-order valence-corrected chi connectivity index (χ2v) is 8.39. The molecule has 5 heteroatoms. The SMILES string of the molecule is C/C=C1/CN2[C@H]3Cc4c(n(C)c5c(OC)cccc45)[C@@H]2C[C@@H]1C3(CO)CO. The van der Waals surface area contributed by atoms with E-state index < -0.39 is 5.41 Å². The van der Waals surface area contributed by atoms with Crippen LogP contribution in [0.15, 0.2) is 29.8 Å². The highest BCUT2D eigenvalue weighted by molar-refractivity contribution is 5.91. The highest BCUT2D eigenvalue weighted by atomic mass is 16.5. The third kappa shape index (κ3) is 1.95. The molecular weight excluding hydrogens is 340 g/mol. The molecular formula is C22H28N2O3. The molecule has 0 aliphatic carbocycles. The fraction of sp³-hybridized carbons (Fsp3) is 0.545. The Bertz CT molecular complexity index is 941. The molecule has 0 saturated carbocycles. The molecule has 2 aromatic rings. The van der Waals surface area contributed by atoms with Gasteiger partial charge >= 0.3 is 0 Å². The molecule has 3 saturated heterocycles. The van der Waals surface area contributed by atoms with Gasteiger partial charge in [0, 0.05) is 36.1 Å². The first-order chi connectivity index (χ1) is 13.1. The Morgan fingerprint density at radius 2 is 2.07 bits per heavy atom. The molecule has 3 fully saturated rings. The lowest BCUT2D eigenvalue weighted by molar-refractivity contribution is -0.141. The molecule has 4 atom stereocenters. The number of hydrogen-bond donors (Lipinski definition) is 2. The molecule has 4 aliphatic heterocycles. The quantitative estimate of drug-likeness (QED) is 0.817. The monoisotopic (exact) mass is 368 g/mol. The Morgan fingerprint density at radius 1 is 1.30 bits per heavy atom. The van der Waals surface area contributed by atoms with Crippen molar-refractivity contribution in [3.05, 3.63) is 41.1 Å². The van der Waals surface area contributed by atoms with Crippen molar-refractivity contribution in [3.63, 3.8) is 0 Å². The number of methoxy groups -OCH3 is 1. The van der Waals surface area contributed by atoms with Crippen LogP contribution in [0.2, 0.25) is 0 Å². The Hall–Kier alpha value is -1.82. The van der Waals surface area contributed by atoms with Crippen molar-refractivity contribution in [1.82, 2.24) is 9.47 Å². The van der Waals surface area contributed by atoms with Crippen molar-refractivity contribution in [3.8, 4) is 5.75 Å². The minimum atomic E-state index is -0.463. The van der Waals surface area contributed by atoms with Crippen LogP contribution >= 0.6 is 0 Å². The molecule has 6 rings (SSSR count). The topological polar surface area (TPSA) is 57.9 Å². The van der Waals surface area contributed by atoms with Crippen molar-refractivity contribution in [1.29, 1.82) is 0 Å². The number of para-hydroxylation sites is 1. The van der Waals surface area contributed by atoms with Gasteiger partial charge in [-0.2, -0.15) is 0 Å². The van der Waals surface area contributed by atoms with E-state index >= 15 is 0 Å². The molecule has 2 N–H and O–H groups in total. The summed E-state index contributed by atoms with van der Waals surface area (Å²) in [5, 5.41) is 22.0. The number of aromatic nitrogens is 1. The van der Waals surface area contributed by atoms with E-state index in [9.17, 15) is 10.2 Å². The molecule has 5 nitrogen and oxygen atoms in total. The lowest BCUT2D eigenvalue weighted by atomic mass is 9.55. The summed E-state index contributed by atoms with van der Waals surface area (Å²) in [6.45, 7) is 3.08. The number of benzene rings is 1. The van der Waals surface area contributed by atoms with Crippen LogP contribution in [0.1, 0.15) is 30.6 Å². The van der Waals surface area contributed by atoms with Crippen molar-refractivity contribution < 1.29 is 14.9 Å². The third-order valence-electron chi connectivity index (χ3n) is 7.65. The molecule has 0 spiro atoms. The van der Waals surface area contributed by atoms with Gasteiger partial charge in [0.1, 0.15) is 5.75 Å². The van der Waals surface area contributed by atoms with E-state index in [0.29, 0.717) is 6.04 Å². The van der Waals surface area contributed by atoms with Gasteiger partial charge in [-0.15, -0.1) is 0 Å². The van der Waals surface area contributed by atoms with Crippen LogP contribution in [-0.2, 0) is 13.5 Å². The summed E-state index contributed by atoms with van der Waals surface area (Å²) in [4.78, 5) is 2.54. The number of allylic oxidation sites excluding steroid dienone is 1. The Morgan fingerprint density at radius 3 is 2.74 bits per heavy atom. The summed E-state index contributed by atoms with van der Waals surface area (Å²) in [5.74, 6) is 1.15. The number of fused-ring (bicyclic) bond motifs is 4. The van der Waals surface area contributed by atoms with Crippen LogP contribution in [0.5, 0.6) is 5.75 Å². The summed E-state index contributed by atoms with van der Waals surface area (Å²) >= 11 is 0. The number of hydrogen-bond acceptors (Lipinski definition) is 4. The predicted molar refractivity (Wildman–Crippen MR) is 105 cm³/mol. The van der Waals surface area contributed by atoms with E-state index in [-0.39, 0.29) is 25.2 Å². The number of rotatable bonds is 3. The minimum Gasteiger partial charge on any atom is -0.495 e. The standard InChI is InChI=1S/C22H28N2O3/c1-4-13-10-24-17-9-16(13)22(11-25,12-26)19(24)8-15-14-6-5-7-18(27-3)21(14)23(2)20(15)17/h4-7,16-17,19,25-26H,8-12H2,1-3H3/b13-4-/t16-,17-,19-/m0/s1. The summed E-state index contributed by atoms with van der Waals surface area (Å²) in [5.41, 5.74) is 4.81. The van der Waals surface area contributed by atoms with Crippen LogP contribution in [-0.4, -0.2) is 52.6 Å². The third-order valence-corrected chi connectivity index (χ3v) is 7.65. The van der Waals surface area contributed by atoms with Crippen LogP contribution in [0.4, 0.5) is 0 Å². The van der Waals surface area contributed by atoms with E-state index in [2.05, 4.69) is 41.6 Å². The van der Waals surface area contributed by atoms with Gasteiger partial charge in [-0.25, -0.2) is 0 Å². The van der Waals surface area contributed by atoms with Crippen molar-refractivity contribution in [2.24, 2.45) is 18.4 Å². The molecule has 4 aliphatic rings. The zero-order valence-corrected chi connectivity index (χ0v) is 16.3. The molecule has 27 heavy (non-hydrogen) atoms. The summed E-state index contributed by atoms with van der Waals surface area (Å²) < 4.78 is 7.97. The average molecular weight is 368 g/mol. The van der Waals surface area contributed by atoms with Gasteiger partial charge in [0.15, 0.2) is 0 Å². The van der Waals surface area contributed by atoms with E-state index in [1.165, 1.54) is 22.2 Å². The van der Waals surface area contributed by atoms with Crippen LogP contribution in [0, 0.1) is 11.3 Å². The lowest BCUT2D eigenvalue weighted by Gasteiger charge is -2.63. The first-order valence-electron chi connectivity index (χ1n) is 9.88. The van der Waals surface area contributed by atoms with Gasteiger partial charge in [0.2, 0.25) is 0 Å². The molecule has 4 bridgehead atoms. The molecule has 1 aromatic carbocycles. The second kappa shape index (κ2) is 5.84. The number of piperidine rings is 3. The van der Waals surface area contributed by atoms with E-state index in [0.717, 1.165) is 30.7 Å². The molecule has 1 aromatic heterocycles. The Kier molecular flexibility index (Phi) is 3.74. The number of aryl methyl sites for hydroxylation is 1. The van der Waals surface area contributed by atoms with E-state index in [1.54, 1.807) is 7.11 Å². The maximum absolute atomic E-state index is 10.4. The van der Waals surface area contributed by atoms with Gasteiger partial charge < -0.3 is 19.5 Å². The smallest absolute Gasteiger partial charge is 0.143 e. The van der Waals surface area contributed by atoms with Gasteiger partial charge in [-0.1, -0.05) is 23.8 Å². The van der Waals surface area contributed by atoms with Crippen LogP contribution in [0.25, 0.3) is 10.9 Å². The van der Waals surface area contributed by atoms with Crippen LogP contribution < -0.4 is 4.74 Å². The summed E-state index contributed by atoms with van der Waals surface area (Å²) in [7, 11) is 3.88. The maximum Gasteiger partial charge on any atom is 0.143 e. The molecule has 1 unspecified atom stereocenters. The number of nitrogens with zero attached hydrogens (tertiary/aromatic N) is 2. The first-order valence-corrected chi connectivity index (χ1v) is 9.88. The minimum absolute atomic E-state index is 0.0306. The number of aliphatic hydroxyl groups is 2. The van der Waals surface area contributed by atoms with Gasteiger partial charge in [0.05, 0.1) is 31.9 Å². The molecule has 5 heterocycles. The number of ether oxygens (including phenoxy) is 1. The highest BCUT2D eigenvalue weighted by Gasteiger charge is 2.60. The predicted octanol–water partition coefficient (Wildman–Crippen LogP) is 2.41. The lowest BCUT2D eigenvalue weighted by Crippen LogP contribution is -2.68. The van der Waals surface area contributed by atoms with E-state index in [4.69, 9.17) is 4.74 Å². The zero-order valence-electron chi connectivity index (χ0n) is 16.3. The average Bonchev–Trinajstić information content (AvgIpc) is 3.00. The van der Waals surface area contributed by atoms with Gasteiger partial charge in [-0.05, 0) is 37.3 Å². The number of aliphatic hydroxyl groups excluding tert-OH is 2. The highest BCUT2D eigenvalue weighted by Crippen LogP contribution is 2.59. The molecule has 144 valence electrons. The van der Waals surface area contributed by atoms with Crippen molar-refractivity contribution in [2.45, 2.75) is 31.8 Å². The summed E-state index contributed by atoms with van der Waals surface area (Å²) in [6.07, 6.45) is 4.01. The second-order valence-electron chi connectivity index (χ2n) is 8.39. The Labute approximate surface area is 159 Å². The maximum atomic E-state index is 10.4. The van der Waals surface area contributed by atoms with Gasteiger partial charge in [0.25, 0.3) is 0 Å². The largest absolute Gasteiger partial charge is 0.495 e. The first kappa shape index (κ1) is 17.3. The normalized spacial score (nSPS) is 32.1. The van der Waals surface area contributed by atoms with Crippen molar-refractivity contribution in [2.75, 3.05) is 26.9 Å². The summed E-state index contributed by atoms with van der Waals surface area (Å²) in [6, 6.07) is 6.77. The fourth-order valence-electron chi connectivity index (χ4n) is 6.37. The Balaban J connectivity index is 1.76. The fourth-order valence-corrected chi connectivity index (χ4v) is 6.37. The van der Waals surface area contributed by atoms with Crippen LogP contribution in [0.3, 0.4) is 0 Å². The molecule has 0 amide bonds.